The molecule has 178 valence electrons. The van der Waals surface area contributed by atoms with Gasteiger partial charge < -0.3 is 15.0 Å². The van der Waals surface area contributed by atoms with Gasteiger partial charge in [-0.25, -0.2) is 9.97 Å². The fourth-order valence-corrected chi connectivity index (χ4v) is 6.54. The lowest BCUT2D eigenvalue weighted by Gasteiger charge is -2.25. The number of carbonyl (C=O) groups excluding carboxylic acids is 1. The fourth-order valence-electron chi connectivity index (χ4n) is 5.26. The smallest absolute Gasteiger partial charge is 0.227 e. The predicted molar refractivity (Wildman–Crippen MR) is 136 cm³/mol. The van der Waals surface area contributed by atoms with E-state index >= 15 is 0 Å². The Hall–Kier alpha value is -2.55. The number of morpholine rings is 1. The van der Waals surface area contributed by atoms with Gasteiger partial charge in [0.25, 0.3) is 0 Å². The first-order chi connectivity index (χ1) is 16.7. The van der Waals surface area contributed by atoms with Gasteiger partial charge in [0.15, 0.2) is 0 Å². The van der Waals surface area contributed by atoms with E-state index in [9.17, 15) is 4.79 Å². The van der Waals surface area contributed by atoms with E-state index in [1.165, 1.54) is 34.2 Å². The van der Waals surface area contributed by atoms with E-state index in [2.05, 4.69) is 34.5 Å². The number of thiophene rings is 1. The van der Waals surface area contributed by atoms with Crippen molar-refractivity contribution < 1.29 is 9.53 Å². The molecule has 2 aliphatic heterocycles. The van der Waals surface area contributed by atoms with E-state index in [1.807, 2.05) is 16.2 Å². The summed E-state index contributed by atoms with van der Waals surface area (Å²) in [4.78, 5) is 29.0. The van der Waals surface area contributed by atoms with Gasteiger partial charge in [-0.05, 0) is 55.4 Å². The largest absolute Gasteiger partial charge is 0.379 e. The second-order valence-electron chi connectivity index (χ2n) is 9.44. The molecule has 3 aliphatic rings. The van der Waals surface area contributed by atoms with E-state index in [4.69, 9.17) is 14.7 Å². The van der Waals surface area contributed by atoms with Gasteiger partial charge in [-0.15, -0.1) is 11.3 Å². The van der Waals surface area contributed by atoms with Crippen LogP contribution in [0, 0.1) is 0 Å². The Morgan fingerprint density at radius 2 is 1.79 bits per heavy atom. The highest BCUT2D eigenvalue weighted by Crippen LogP contribution is 2.39. The summed E-state index contributed by atoms with van der Waals surface area (Å²) in [5, 5.41) is 4.87. The summed E-state index contributed by atoms with van der Waals surface area (Å²) >= 11 is 1.86. The number of nitrogens with one attached hydrogen (secondary N) is 1. The van der Waals surface area contributed by atoms with Gasteiger partial charge in [-0.1, -0.05) is 12.1 Å². The SMILES string of the molecule is O=C1CCCN1c1ccc(CNc2nc(CN3CCOCC3)nc3sc4c(c23)CCCC4)cc1. The fraction of sp³-hybridized carbons (Fsp3) is 0.500. The molecule has 1 N–H and O–H groups in total. The average Bonchev–Trinajstić information content (AvgIpc) is 3.46. The second-order valence-corrected chi connectivity index (χ2v) is 10.5. The van der Waals surface area contributed by atoms with Crippen molar-refractivity contribution in [1.29, 1.82) is 0 Å². The Balaban J connectivity index is 1.26. The van der Waals surface area contributed by atoms with Crippen molar-refractivity contribution in [3.8, 4) is 0 Å². The van der Waals surface area contributed by atoms with E-state index in [0.29, 0.717) is 13.0 Å². The quantitative estimate of drug-likeness (QED) is 0.575. The Bertz CT molecular complexity index is 1190. The van der Waals surface area contributed by atoms with E-state index in [1.54, 1.807) is 0 Å². The molecule has 3 aromatic rings. The number of hydrogen-bond donors (Lipinski definition) is 1. The lowest BCUT2D eigenvalue weighted by atomic mass is 9.97. The molecule has 0 spiro atoms. The van der Waals surface area contributed by atoms with Crippen molar-refractivity contribution in [3.05, 3.63) is 46.1 Å². The van der Waals surface area contributed by atoms with E-state index < -0.39 is 0 Å². The van der Waals surface area contributed by atoms with Gasteiger partial charge in [-0.2, -0.15) is 0 Å². The second kappa shape index (κ2) is 9.60. The molecule has 0 bridgehead atoms. The lowest BCUT2D eigenvalue weighted by molar-refractivity contribution is -0.117. The monoisotopic (exact) mass is 477 g/mol. The molecule has 1 aliphatic carbocycles. The summed E-state index contributed by atoms with van der Waals surface area (Å²) < 4.78 is 5.51. The number of fused-ring (bicyclic) bond motifs is 3. The third-order valence-corrected chi connectivity index (χ3v) is 8.30. The average molecular weight is 478 g/mol. The van der Waals surface area contributed by atoms with Crippen molar-refractivity contribution in [2.24, 2.45) is 0 Å². The minimum absolute atomic E-state index is 0.226. The first-order valence-electron chi connectivity index (χ1n) is 12.5. The van der Waals surface area contributed by atoms with Crippen molar-refractivity contribution in [3.63, 3.8) is 0 Å². The third kappa shape index (κ3) is 4.42. The van der Waals surface area contributed by atoms with E-state index in [-0.39, 0.29) is 5.91 Å². The Labute approximate surface area is 204 Å². The molecule has 2 aromatic heterocycles. The molecule has 0 atom stereocenters. The number of nitrogens with zero attached hydrogens (tertiary/aromatic N) is 4. The number of carbonyl (C=O) groups is 1. The molecule has 7 nitrogen and oxygen atoms in total. The number of amides is 1. The number of ether oxygens (including phenoxy) is 1. The van der Waals surface area contributed by atoms with Crippen LogP contribution >= 0.6 is 11.3 Å². The molecular formula is C26H31N5O2S. The van der Waals surface area contributed by atoms with E-state index in [0.717, 1.165) is 80.8 Å². The standard InChI is InChI=1S/C26H31N5O2S/c32-23-6-3-11-31(23)19-9-7-18(8-10-19)16-27-25-24-20-4-1-2-5-21(20)34-26(24)29-22(28-25)17-30-12-14-33-15-13-30/h7-10H,1-6,11-17H2,(H,27,28,29). The van der Waals surface area contributed by atoms with Gasteiger partial charge in [-0.3, -0.25) is 9.69 Å². The molecule has 4 heterocycles. The normalized spacial score (nSPS) is 19.1. The van der Waals surface area contributed by atoms with Crippen LogP contribution in [0.15, 0.2) is 24.3 Å². The highest BCUT2D eigenvalue weighted by atomic mass is 32.1. The maximum Gasteiger partial charge on any atom is 0.227 e. The van der Waals surface area contributed by atoms with Crippen LogP contribution in [-0.4, -0.2) is 53.6 Å². The van der Waals surface area contributed by atoms with Crippen molar-refractivity contribution >= 4 is 39.0 Å². The van der Waals surface area contributed by atoms with Crippen LogP contribution in [-0.2, 0) is 35.5 Å². The summed E-state index contributed by atoms with van der Waals surface area (Å²) in [5.74, 6) is 2.08. The zero-order chi connectivity index (χ0) is 22.9. The van der Waals surface area contributed by atoms with Crippen molar-refractivity contribution in [2.45, 2.75) is 51.6 Å². The van der Waals surface area contributed by atoms with Gasteiger partial charge in [0.05, 0.1) is 25.1 Å². The Kier molecular flexibility index (Phi) is 6.20. The summed E-state index contributed by atoms with van der Waals surface area (Å²) in [5.41, 5.74) is 3.63. The van der Waals surface area contributed by atoms with Crippen LogP contribution in [0.1, 0.15) is 47.5 Å². The van der Waals surface area contributed by atoms with Crippen LogP contribution in [0.2, 0.25) is 0 Å². The summed E-state index contributed by atoms with van der Waals surface area (Å²) in [7, 11) is 0. The zero-order valence-electron chi connectivity index (χ0n) is 19.5. The Morgan fingerprint density at radius 1 is 0.971 bits per heavy atom. The molecular weight excluding hydrogens is 446 g/mol. The number of benzene rings is 1. The zero-order valence-corrected chi connectivity index (χ0v) is 20.3. The topological polar surface area (TPSA) is 70.6 Å². The van der Waals surface area contributed by atoms with Gasteiger partial charge in [0, 0.05) is 43.2 Å². The van der Waals surface area contributed by atoms with Crippen LogP contribution in [0.5, 0.6) is 0 Å². The van der Waals surface area contributed by atoms with Gasteiger partial charge >= 0.3 is 0 Å². The van der Waals surface area contributed by atoms with Crippen LogP contribution in [0.3, 0.4) is 0 Å². The van der Waals surface area contributed by atoms with Crippen LogP contribution in [0.25, 0.3) is 10.2 Å². The molecule has 0 unspecified atom stereocenters. The summed E-state index contributed by atoms with van der Waals surface area (Å²) in [6, 6.07) is 8.35. The maximum atomic E-state index is 12.1. The predicted octanol–water partition coefficient (Wildman–Crippen LogP) is 4.14. The van der Waals surface area contributed by atoms with Crippen LogP contribution in [0.4, 0.5) is 11.5 Å². The van der Waals surface area contributed by atoms with Gasteiger partial charge in [0.1, 0.15) is 16.5 Å². The van der Waals surface area contributed by atoms with Crippen molar-refractivity contribution in [1.82, 2.24) is 14.9 Å². The third-order valence-electron chi connectivity index (χ3n) is 7.11. The summed E-state index contributed by atoms with van der Waals surface area (Å²) in [6.45, 7) is 5.69. The molecule has 34 heavy (non-hydrogen) atoms. The molecule has 6 rings (SSSR count). The van der Waals surface area contributed by atoms with Crippen molar-refractivity contribution in [2.75, 3.05) is 43.1 Å². The highest BCUT2D eigenvalue weighted by molar-refractivity contribution is 7.19. The summed E-state index contributed by atoms with van der Waals surface area (Å²) in [6.07, 6.45) is 6.39. The molecule has 1 aromatic carbocycles. The molecule has 0 radical (unpaired) electrons. The molecule has 1 amide bonds. The number of rotatable bonds is 6. The number of anilines is 2. The molecule has 8 heteroatoms. The number of aryl methyl sites for hydroxylation is 2. The first-order valence-corrected chi connectivity index (χ1v) is 13.3. The molecule has 2 fully saturated rings. The minimum Gasteiger partial charge on any atom is -0.379 e. The van der Waals surface area contributed by atoms with Crippen LogP contribution < -0.4 is 10.2 Å². The number of hydrogen-bond acceptors (Lipinski definition) is 7. The molecule has 2 saturated heterocycles. The Morgan fingerprint density at radius 3 is 2.59 bits per heavy atom. The minimum atomic E-state index is 0.226. The first kappa shape index (κ1) is 21.9. The van der Waals surface area contributed by atoms with Gasteiger partial charge in [0.2, 0.25) is 5.91 Å². The maximum absolute atomic E-state index is 12.1. The number of aromatic nitrogens is 2. The molecule has 0 saturated carbocycles. The lowest BCUT2D eigenvalue weighted by Crippen LogP contribution is -2.36. The highest BCUT2D eigenvalue weighted by Gasteiger charge is 2.23.